The molecule has 92 valence electrons. The number of thioether (sulfide) groups is 1. The molecule has 0 radical (unpaired) electrons. The lowest BCUT2D eigenvalue weighted by Crippen LogP contribution is -1.96. The van der Waals surface area contributed by atoms with E-state index in [-0.39, 0.29) is 0 Å². The van der Waals surface area contributed by atoms with Gasteiger partial charge >= 0.3 is 0 Å². The molecule has 0 fully saturated rings. The van der Waals surface area contributed by atoms with Gasteiger partial charge in [0.15, 0.2) is 0 Å². The summed E-state index contributed by atoms with van der Waals surface area (Å²) in [5.41, 5.74) is 2.76. The highest BCUT2D eigenvalue weighted by molar-refractivity contribution is 8.03. The zero-order valence-corrected chi connectivity index (χ0v) is 12.1. The van der Waals surface area contributed by atoms with Crippen LogP contribution in [0.1, 0.15) is 27.7 Å². The first kappa shape index (κ1) is 14.1. The molecule has 1 aliphatic heterocycles. The average Bonchev–Trinajstić information content (AvgIpc) is 2.36. The highest BCUT2D eigenvalue weighted by Gasteiger charge is 2.09. The van der Waals surface area contributed by atoms with Crippen LogP contribution in [0.5, 0.6) is 0 Å². The Labute approximate surface area is 110 Å². The van der Waals surface area contributed by atoms with E-state index in [4.69, 9.17) is 0 Å². The van der Waals surface area contributed by atoms with Gasteiger partial charge in [0.25, 0.3) is 0 Å². The summed E-state index contributed by atoms with van der Waals surface area (Å²) in [6.45, 7) is 8.58. The molecule has 0 bridgehead atoms. The smallest absolute Gasteiger partial charge is 0.0166 e. The fourth-order valence-electron chi connectivity index (χ4n) is 1.75. The topological polar surface area (TPSA) is 0 Å². The third-order valence-corrected chi connectivity index (χ3v) is 3.75. The zero-order chi connectivity index (χ0) is 12.7. The van der Waals surface area contributed by atoms with Crippen LogP contribution in [0.2, 0.25) is 0 Å². The number of rotatable bonds is 2. The maximum atomic E-state index is 2.29. The average molecular weight is 246 g/mol. The van der Waals surface area contributed by atoms with E-state index in [1.165, 1.54) is 16.1 Å². The quantitative estimate of drug-likeness (QED) is 0.639. The Morgan fingerprint density at radius 1 is 1.24 bits per heavy atom. The van der Waals surface area contributed by atoms with Crippen molar-refractivity contribution in [1.82, 2.24) is 0 Å². The van der Waals surface area contributed by atoms with Gasteiger partial charge < -0.3 is 0 Å². The summed E-state index contributed by atoms with van der Waals surface area (Å²) < 4.78 is 0. The largest absolute Gasteiger partial charge is 0.122 e. The van der Waals surface area contributed by atoms with Crippen molar-refractivity contribution >= 4 is 11.8 Å². The highest BCUT2D eigenvalue weighted by Crippen LogP contribution is 2.29. The standard InChI is InChI=1S/C16H22S/c1-5-7-15-14(4)10-9-13(3)11-12-17-16(15)8-6-2/h5-11,14H,12H2,1-4H3/b7-5-,8-6+,10-9-,13-11-,16-15-. The van der Waals surface area contributed by atoms with Crippen LogP contribution in [-0.4, -0.2) is 5.75 Å². The van der Waals surface area contributed by atoms with Gasteiger partial charge in [-0.3, -0.25) is 0 Å². The predicted molar refractivity (Wildman–Crippen MR) is 81.2 cm³/mol. The molecule has 1 aliphatic rings. The van der Waals surface area contributed by atoms with Gasteiger partial charge in [0.2, 0.25) is 0 Å². The molecule has 0 aromatic heterocycles. The lowest BCUT2D eigenvalue weighted by molar-refractivity contribution is 0.887. The summed E-state index contributed by atoms with van der Waals surface area (Å²) in [7, 11) is 0. The SMILES string of the molecule is C\C=C/C1=C(\C=C\C)SC/C=C(C)\C=C/C1C. The van der Waals surface area contributed by atoms with Crippen LogP contribution in [-0.2, 0) is 0 Å². The molecule has 0 saturated carbocycles. The van der Waals surface area contributed by atoms with Crippen molar-refractivity contribution in [3.05, 3.63) is 58.6 Å². The van der Waals surface area contributed by atoms with Crippen LogP contribution in [0.4, 0.5) is 0 Å². The Hall–Kier alpha value is -0.950. The van der Waals surface area contributed by atoms with Gasteiger partial charge in [0.1, 0.15) is 0 Å². The van der Waals surface area contributed by atoms with Crippen molar-refractivity contribution in [2.24, 2.45) is 5.92 Å². The lowest BCUT2D eigenvalue weighted by Gasteiger charge is -2.12. The second-order valence-electron chi connectivity index (χ2n) is 4.23. The monoisotopic (exact) mass is 246 g/mol. The summed E-state index contributed by atoms with van der Waals surface area (Å²) in [6.07, 6.45) is 15.5. The second-order valence-corrected chi connectivity index (χ2v) is 5.29. The predicted octanol–water partition coefficient (Wildman–Crippen LogP) is 5.28. The molecule has 17 heavy (non-hydrogen) atoms. The minimum atomic E-state index is 0.464. The van der Waals surface area contributed by atoms with E-state index in [1.54, 1.807) is 0 Å². The van der Waals surface area contributed by atoms with Crippen LogP contribution in [0.3, 0.4) is 0 Å². The molecule has 0 amide bonds. The summed E-state index contributed by atoms with van der Waals surface area (Å²) in [4.78, 5) is 1.38. The fraction of sp³-hybridized carbons (Fsp3) is 0.375. The van der Waals surface area contributed by atoms with Crippen molar-refractivity contribution in [3.8, 4) is 0 Å². The zero-order valence-electron chi connectivity index (χ0n) is 11.2. The molecule has 1 heterocycles. The molecule has 0 saturated heterocycles. The first-order valence-electron chi connectivity index (χ1n) is 6.16. The molecule has 1 rings (SSSR count). The number of hydrogen-bond donors (Lipinski definition) is 0. The molecule has 1 unspecified atom stereocenters. The number of allylic oxidation sites excluding steroid dienone is 8. The van der Waals surface area contributed by atoms with E-state index < -0.39 is 0 Å². The molecule has 0 spiro atoms. The Bertz CT molecular complexity index is 392. The van der Waals surface area contributed by atoms with Crippen molar-refractivity contribution in [2.75, 3.05) is 5.75 Å². The first-order valence-corrected chi connectivity index (χ1v) is 7.15. The minimum absolute atomic E-state index is 0.464. The Balaban J connectivity index is 3.17. The molecule has 0 aromatic rings. The van der Waals surface area contributed by atoms with Gasteiger partial charge in [-0.1, -0.05) is 55.0 Å². The van der Waals surface area contributed by atoms with E-state index in [1.807, 2.05) is 11.8 Å². The van der Waals surface area contributed by atoms with Crippen LogP contribution in [0.25, 0.3) is 0 Å². The van der Waals surface area contributed by atoms with E-state index in [0.29, 0.717) is 5.92 Å². The minimum Gasteiger partial charge on any atom is -0.122 e. The van der Waals surface area contributed by atoms with E-state index in [2.05, 4.69) is 70.2 Å². The van der Waals surface area contributed by atoms with Crippen molar-refractivity contribution in [1.29, 1.82) is 0 Å². The van der Waals surface area contributed by atoms with E-state index in [9.17, 15) is 0 Å². The lowest BCUT2D eigenvalue weighted by atomic mass is 9.98. The first-order chi connectivity index (χ1) is 8.19. The van der Waals surface area contributed by atoms with Crippen LogP contribution in [0.15, 0.2) is 58.6 Å². The summed E-state index contributed by atoms with van der Waals surface area (Å²) >= 11 is 1.92. The molecule has 0 aromatic carbocycles. The van der Waals surface area contributed by atoms with E-state index >= 15 is 0 Å². The molecule has 0 nitrogen and oxygen atoms in total. The van der Waals surface area contributed by atoms with Crippen LogP contribution >= 0.6 is 11.8 Å². The van der Waals surface area contributed by atoms with Crippen molar-refractivity contribution in [3.63, 3.8) is 0 Å². The van der Waals surface area contributed by atoms with Gasteiger partial charge in [-0.15, -0.1) is 11.8 Å². The van der Waals surface area contributed by atoms with Gasteiger partial charge in [-0.05, 0) is 26.3 Å². The Kier molecular flexibility index (Phi) is 6.13. The molecule has 1 atom stereocenters. The molecule has 0 N–H and O–H groups in total. The van der Waals surface area contributed by atoms with Crippen molar-refractivity contribution in [2.45, 2.75) is 27.7 Å². The van der Waals surface area contributed by atoms with Crippen molar-refractivity contribution < 1.29 is 0 Å². The maximum absolute atomic E-state index is 2.29. The molecule has 1 heteroatoms. The third kappa shape index (κ3) is 4.43. The van der Waals surface area contributed by atoms with Crippen LogP contribution in [0, 0.1) is 5.92 Å². The Morgan fingerprint density at radius 3 is 2.59 bits per heavy atom. The normalized spacial score (nSPS) is 32.0. The molecule has 0 aliphatic carbocycles. The second kappa shape index (κ2) is 7.39. The fourth-order valence-corrected chi connectivity index (χ4v) is 2.93. The Morgan fingerprint density at radius 2 is 1.94 bits per heavy atom. The summed E-state index contributed by atoms with van der Waals surface area (Å²) in [5, 5.41) is 0. The van der Waals surface area contributed by atoms with Gasteiger partial charge in [0.05, 0.1) is 0 Å². The van der Waals surface area contributed by atoms with Gasteiger partial charge in [-0.25, -0.2) is 0 Å². The van der Waals surface area contributed by atoms with E-state index in [0.717, 1.165) is 5.75 Å². The highest BCUT2D eigenvalue weighted by atomic mass is 32.2. The summed E-state index contributed by atoms with van der Waals surface area (Å²) in [6, 6.07) is 0. The molecular weight excluding hydrogens is 224 g/mol. The van der Waals surface area contributed by atoms with Gasteiger partial charge in [0, 0.05) is 16.6 Å². The summed E-state index contributed by atoms with van der Waals surface area (Å²) in [5.74, 6) is 1.51. The maximum Gasteiger partial charge on any atom is 0.0166 e. The van der Waals surface area contributed by atoms with Gasteiger partial charge in [-0.2, -0.15) is 0 Å². The molecular formula is C16H22S. The number of hydrogen-bond acceptors (Lipinski definition) is 1. The van der Waals surface area contributed by atoms with Crippen LogP contribution < -0.4 is 0 Å². The third-order valence-electron chi connectivity index (χ3n) is 2.73.